The van der Waals surface area contributed by atoms with Crippen molar-refractivity contribution >= 4 is 29.3 Å². The third-order valence-corrected chi connectivity index (χ3v) is 6.15. The number of furan rings is 1. The molecule has 152 valence electrons. The van der Waals surface area contributed by atoms with E-state index in [-0.39, 0.29) is 11.2 Å². The summed E-state index contributed by atoms with van der Waals surface area (Å²) in [4.78, 5) is 16.9. The van der Waals surface area contributed by atoms with Crippen LogP contribution in [0.25, 0.3) is 0 Å². The van der Waals surface area contributed by atoms with Crippen LogP contribution in [0.2, 0.25) is 0 Å². The summed E-state index contributed by atoms with van der Waals surface area (Å²) < 4.78 is 7.61. The first-order valence-corrected chi connectivity index (χ1v) is 10.7. The summed E-state index contributed by atoms with van der Waals surface area (Å²) in [6.45, 7) is 4.41. The van der Waals surface area contributed by atoms with Gasteiger partial charge in [-0.05, 0) is 44.0 Å². The molecule has 1 unspecified atom stereocenters. The number of amides is 1. The topological polar surface area (TPSA) is 67.4 Å². The lowest BCUT2D eigenvalue weighted by molar-refractivity contribution is -0.117. The minimum atomic E-state index is -0.300. The molecule has 0 N–H and O–H groups in total. The number of rotatable bonds is 7. The van der Waals surface area contributed by atoms with E-state index >= 15 is 0 Å². The van der Waals surface area contributed by atoms with Gasteiger partial charge >= 0.3 is 0 Å². The molecule has 1 fully saturated rings. The van der Waals surface area contributed by atoms with Crippen LogP contribution in [-0.2, 0) is 11.3 Å². The molecule has 3 heterocycles. The molecule has 1 aliphatic heterocycles. The van der Waals surface area contributed by atoms with E-state index in [0.717, 1.165) is 48.5 Å². The Hall–Kier alpha value is -2.74. The van der Waals surface area contributed by atoms with E-state index in [1.807, 2.05) is 49.4 Å². The van der Waals surface area contributed by atoms with Crippen LogP contribution in [0.1, 0.15) is 25.5 Å². The molecule has 29 heavy (non-hydrogen) atoms. The molecule has 7 nitrogen and oxygen atoms in total. The number of carbonyl (C=O) groups is 1. The third-order valence-electron chi connectivity index (χ3n) is 5.08. The van der Waals surface area contributed by atoms with Crippen LogP contribution in [0.15, 0.2) is 58.3 Å². The Bertz CT molecular complexity index is 935. The largest absolute Gasteiger partial charge is 0.467 e. The smallest absolute Gasteiger partial charge is 0.240 e. The number of carbonyl (C=O) groups excluding carboxylic acids is 1. The van der Waals surface area contributed by atoms with Gasteiger partial charge in [0.1, 0.15) is 5.76 Å². The second-order valence-corrected chi connectivity index (χ2v) is 8.44. The molecule has 3 aromatic rings. The third kappa shape index (κ3) is 4.32. The number of para-hydroxylation sites is 1. The van der Waals surface area contributed by atoms with Gasteiger partial charge in [-0.3, -0.25) is 9.36 Å². The highest BCUT2D eigenvalue weighted by atomic mass is 32.2. The Balaban J connectivity index is 1.55. The Kier molecular flexibility index (Phi) is 5.89. The molecule has 1 aliphatic rings. The van der Waals surface area contributed by atoms with Gasteiger partial charge in [-0.1, -0.05) is 30.0 Å². The molecular weight excluding hydrogens is 386 g/mol. The highest BCUT2D eigenvalue weighted by Crippen LogP contribution is 2.29. The molecule has 0 radical (unpaired) electrons. The van der Waals surface area contributed by atoms with E-state index in [1.165, 1.54) is 11.8 Å². The number of benzene rings is 1. The first kappa shape index (κ1) is 19.6. The average molecular weight is 412 g/mol. The second kappa shape index (κ2) is 8.73. The minimum Gasteiger partial charge on any atom is -0.467 e. The van der Waals surface area contributed by atoms with Gasteiger partial charge in [0.25, 0.3) is 0 Å². The lowest BCUT2D eigenvalue weighted by atomic mass is 10.3. The fraction of sp³-hybridized carbons (Fsp3) is 0.381. The van der Waals surface area contributed by atoms with Gasteiger partial charge in [-0.15, -0.1) is 10.2 Å². The first-order chi connectivity index (χ1) is 14.1. The van der Waals surface area contributed by atoms with E-state index in [0.29, 0.717) is 6.54 Å². The van der Waals surface area contributed by atoms with Crippen LogP contribution in [0.5, 0.6) is 0 Å². The predicted octanol–water partition coefficient (Wildman–Crippen LogP) is 3.66. The highest BCUT2D eigenvalue weighted by molar-refractivity contribution is 8.00. The number of hydrogen-bond donors (Lipinski definition) is 0. The molecule has 1 amide bonds. The molecule has 0 spiro atoms. The molecule has 1 aromatic carbocycles. The van der Waals surface area contributed by atoms with Crippen LogP contribution in [0.4, 0.5) is 11.6 Å². The van der Waals surface area contributed by atoms with Crippen molar-refractivity contribution in [1.29, 1.82) is 0 Å². The fourth-order valence-corrected chi connectivity index (χ4v) is 4.41. The lowest BCUT2D eigenvalue weighted by Gasteiger charge is -2.22. The van der Waals surface area contributed by atoms with Crippen LogP contribution in [0, 0.1) is 0 Å². The summed E-state index contributed by atoms with van der Waals surface area (Å²) >= 11 is 1.43. The number of nitrogens with zero attached hydrogens (tertiary/aromatic N) is 5. The number of thioether (sulfide) groups is 1. The van der Waals surface area contributed by atoms with Crippen LogP contribution >= 0.6 is 11.8 Å². The molecule has 0 saturated carbocycles. The first-order valence-electron chi connectivity index (χ1n) is 9.83. The Morgan fingerprint density at radius 1 is 1.17 bits per heavy atom. The summed E-state index contributed by atoms with van der Waals surface area (Å²) in [5.74, 6) is 1.71. The van der Waals surface area contributed by atoms with Gasteiger partial charge in [0.2, 0.25) is 11.9 Å². The molecule has 0 bridgehead atoms. The van der Waals surface area contributed by atoms with E-state index in [2.05, 4.69) is 19.7 Å². The SMILES string of the molecule is CC(Sc1nnc(N2CCCC2)n1Cc1ccco1)C(=O)N(C)c1ccccc1. The van der Waals surface area contributed by atoms with Crippen molar-refractivity contribution in [2.24, 2.45) is 0 Å². The normalized spacial score (nSPS) is 14.9. The Morgan fingerprint density at radius 3 is 2.62 bits per heavy atom. The van der Waals surface area contributed by atoms with Gasteiger partial charge in [-0.25, -0.2) is 0 Å². The van der Waals surface area contributed by atoms with Gasteiger partial charge < -0.3 is 14.2 Å². The van der Waals surface area contributed by atoms with Gasteiger partial charge in [-0.2, -0.15) is 0 Å². The maximum atomic E-state index is 13.0. The van der Waals surface area contributed by atoms with Gasteiger partial charge in [0.15, 0.2) is 5.16 Å². The molecule has 4 rings (SSSR count). The zero-order chi connectivity index (χ0) is 20.2. The van der Waals surface area contributed by atoms with Crippen molar-refractivity contribution in [3.63, 3.8) is 0 Å². The fourth-order valence-electron chi connectivity index (χ4n) is 3.48. The van der Waals surface area contributed by atoms with E-state index in [1.54, 1.807) is 18.2 Å². The zero-order valence-electron chi connectivity index (χ0n) is 16.7. The van der Waals surface area contributed by atoms with Crippen molar-refractivity contribution in [2.45, 2.75) is 36.7 Å². The molecule has 2 aromatic heterocycles. The van der Waals surface area contributed by atoms with E-state index in [9.17, 15) is 4.79 Å². The van der Waals surface area contributed by atoms with Gasteiger partial charge in [0, 0.05) is 25.8 Å². The summed E-state index contributed by atoms with van der Waals surface area (Å²) in [6, 6.07) is 13.5. The quantitative estimate of drug-likeness (QED) is 0.553. The van der Waals surface area contributed by atoms with Crippen molar-refractivity contribution in [2.75, 3.05) is 29.9 Å². The summed E-state index contributed by atoms with van der Waals surface area (Å²) in [6.07, 6.45) is 3.99. The zero-order valence-corrected chi connectivity index (χ0v) is 17.5. The monoisotopic (exact) mass is 411 g/mol. The lowest BCUT2D eigenvalue weighted by Crippen LogP contribution is -2.33. The number of anilines is 2. The van der Waals surface area contributed by atoms with Crippen LogP contribution in [0.3, 0.4) is 0 Å². The average Bonchev–Trinajstić information content (AvgIpc) is 3.51. The van der Waals surface area contributed by atoms with Crippen molar-refractivity contribution in [3.05, 3.63) is 54.5 Å². The summed E-state index contributed by atoms with van der Waals surface area (Å²) in [5.41, 5.74) is 0.875. The van der Waals surface area contributed by atoms with Crippen LogP contribution in [-0.4, -0.2) is 46.1 Å². The molecule has 8 heteroatoms. The highest BCUT2D eigenvalue weighted by Gasteiger charge is 2.26. The molecule has 0 aliphatic carbocycles. The predicted molar refractivity (Wildman–Crippen MR) is 114 cm³/mol. The van der Waals surface area contributed by atoms with Crippen molar-refractivity contribution < 1.29 is 9.21 Å². The van der Waals surface area contributed by atoms with E-state index < -0.39 is 0 Å². The second-order valence-electron chi connectivity index (χ2n) is 7.14. The van der Waals surface area contributed by atoms with E-state index in [4.69, 9.17) is 4.42 Å². The van der Waals surface area contributed by atoms with Crippen molar-refractivity contribution in [3.8, 4) is 0 Å². The summed E-state index contributed by atoms with van der Waals surface area (Å²) in [7, 11) is 1.80. The minimum absolute atomic E-state index is 0.0245. The maximum Gasteiger partial charge on any atom is 0.240 e. The molecule has 1 saturated heterocycles. The Morgan fingerprint density at radius 2 is 1.93 bits per heavy atom. The summed E-state index contributed by atoms with van der Waals surface area (Å²) in [5, 5.41) is 9.29. The number of aromatic nitrogens is 3. The molecule has 1 atom stereocenters. The standard InChI is InChI=1S/C21H25N5O2S/c1-16(19(27)24(2)17-9-4-3-5-10-17)29-21-23-22-20(25-12-6-7-13-25)26(21)15-18-11-8-14-28-18/h3-5,8-11,14,16H,6-7,12-13,15H2,1-2H3. The number of hydrogen-bond acceptors (Lipinski definition) is 6. The van der Waals surface area contributed by atoms with Gasteiger partial charge in [0.05, 0.1) is 18.1 Å². The Labute approximate surface area is 174 Å². The maximum absolute atomic E-state index is 13.0. The van der Waals surface area contributed by atoms with Crippen molar-refractivity contribution in [1.82, 2.24) is 14.8 Å². The molecular formula is C21H25N5O2S. The van der Waals surface area contributed by atoms with Crippen LogP contribution < -0.4 is 9.80 Å².